The SMILES string of the molecule is Nc1nc2c(Cl)c(Cl)c(Br)cc2s1. The molecule has 0 bridgehead atoms. The van der Waals surface area contributed by atoms with Gasteiger partial charge in [0.2, 0.25) is 0 Å². The second-order valence-electron chi connectivity index (χ2n) is 2.39. The van der Waals surface area contributed by atoms with Gasteiger partial charge in [0, 0.05) is 4.47 Å². The van der Waals surface area contributed by atoms with Gasteiger partial charge in [-0.2, -0.15) is 0 Å². The first-order valence-corrected chi connectivity index (χ1v) is 5.65. The first kappa shape index (κ1) is 9.52. The number of aromatic nitrogens is 1. The minimum atomic E-state index is 0.444. The Morgan fingerprint density at radius 2 is 2.08 bits per heavy atom. The third-order valence-electron chi connectivity index (χ3n) is 1.54. The maximum absolute atomic E-state index is 5.97. The number of nitrogen functional groups attached to an aromatic ring is 1. The van der Waals surface area contributed by atoms with Gasteiger partial charge < -0.3 is 5.73 Å². The average molecular weight is 298 g/mol. The van der Waals surface area contributed by atoms with Crippen LogP contribution in [0.3, 0.4) is 0 Å². The summed E-state index contributed by atoms with van der Waals surface area (Å²) in [5, 5.41) is 1.41. The van der Waals surface area contributed by atoms with Crippen molar-refractivity contribution in [3.8, 4) is 0 Å². The quantitative estimate of drug-likeness (QED) is 0.748. The predicted molar refractivity (Wildman–Crippen MR) is 61.8 cm³/mol. The Morgan fingerprint density at radius 3 is 2.77 bits per heavy atom. The molecular weight excluding hydrogens is 295 g/mol. The zero-order valence-electron chi connectivity index (χ0n) is 6.14. The first-order chi connectivity index (χ1) is 6.09. The van der Waals surface area contributed by atoms with Crippen molar-refractivity contribution in [2.24, 2.45) is 0 Å². The van der Waals surface area contributed by atoms with Gasteiger partial charge in [-0.1, -0.05) is 34.5 Å². The molecule has 2 N–H and O–H groups in total. The molecule has 0 saturated heterocycles. The monoisotopic (exact) mass is 296 g/mol. The number of nitrogens with two attached hydrogens (primary N) is 1. The lowest BCUT2D eigenvalue weighted by molar-refractivity contribution is 1.49. The molecule has 0 amide bonds. The Labute approximate surface area is 96.8 Å². The number of hydrogen-bond donors (Lipinski definition) is 1. The van der Waals surface area contributed by atoms with E-state index in [1.165, 1.54) is 11.3 Å². The van der Waals surface area contributed by atoms with Crippen LogP contribution in [0.5, 0.6) is 0 Å². The number of benzene rings is 1. The number of nitrogens with zero attached hydrogens (tertiary/aromatic N) is 1. The van der Waals surface area contributed by atoms with Crippen molar-refractivity contribution < 1.29 is 0 Å². The van der Waals surface area contributed by atoms with Crippen molar-refractivity contribution in [2.45, 2.75) is 0 Å². The molecule has 0 radical (unpaired) electrons. The van der Waals surface area contributed by atoms with Crippen LogP contribution in [0, 0.1) is 0 Å². The summed E-state index contributed by atoms with van der Waals surface area (Å²) in [6.07, 6.45) is 0. The van der Waals surface area contributed by atoms with E-state index in [4.69, 9.17) is 28.9 Å². The van der Waals surface area contributed by atoms with E-state index >= 15 is 0 Å². The number of fused-ring (bicyclic) bond motifs is 1. The molecule has 0 aliphatic carbocycles. The molecule has 0 fully saturated rings. The van der Waals surface area contributed by atoms with Crippen LogP contribution >= 0.6 is 50.5 Å². The number of thiazole rings is 1. The second-order valence-corrected chi connectivity index (χ2v) is 5.06. The Hall–Kier alpha value is -0.0300. The maximum Gasteiger partial charge on any atom is 0.181 e. The van der Waals surface area contributed by atoms with Crippen LogP contribution in [-0.4, -0.2) is 4.98 Å². The van der Waals surface area contributed by atoms with Crippen LogP contribution < -0.4 is 5.73 Å². The fourth-order valence-corrected chi connectivity index (χ4v) is 2.91. The van der Waals surface area contributed by atoms with Crippen molar-refractivity contribution in [2.75, 3.05) is 5.73 Å². The summed E-state index contributed by atoms with van der Waals surface area (Å²) in [6, 6.07) is 1.86. The number of rotatable bonds is 0. The summed E-state index contributed by atoms with van der Waals surface area (Å²) in [5.74, 6) is 0. The summed E-state index contributed by atoms with van der Waals surface area (Å²) in [6.45, 7) is 0. The molecule has 1 aromatic heterocycles. The highest BCUT2D eigenvalue weighted by Crippen LogP contribution is 2.39. The maximum atomic E-state index is 5.97. The normalized spacial score (nSPS) is 11.0. The van der Waals surface area contributed by atoms with Crippen molar-refractivity contribution in [3.05, 3.63) is 20.6 Å². The molecular formula is C7H3BrCl2N2S. The molecule has 0 unspecified atom stereocenters. The molecule has 1 aromatic carbocycles. The van der Waals surface area contributed by atoms with Gasteiger partial charge >= 0.3 is 0 Å². The largest absolute Gasteiger partial charge is 0.375 e. The molecule has 0 aliphatic rings. The minimum absolute atomic E-state index is 0.444. The predicted octanol–water partition coefficient (Wildman–Crippen LogP) is 3.95. The molecule has 0 saturated carbocycles. The van der Waals surface area contributed by atoms with Crippen molar-refractivity contribution >= 4 is 65.8 Å². The highest BCUT2D eigenvalue weighted by Gasteiger charge is 2.11. The van der Waals surface area contributed by atoms with E-state index in [1.807, 2.05) is 6.07 Å². The summed E-state index contributed by atoms with van der Waals surface area (Å²) in [5.41, 5.74) is 6.21. The fourth-order valence-electron chi connectivity index (χ4n) is 0.991. The van der Waals surface area contributed by atoms with E-state index in [0.29, 0.717) is 20.7 Å². The summed E-state index contributed by atoms with van der Waals surface area (Å²) in [7, 11) is 0. The van der Waals surface area contributed by atoms with Crippen molar-refractivity contribution in [1.82, 2.24) is 4.98 Å². The molecule has 0 aliphatic heterocycles. The number of hydrogen-bond acceptors (Lipinski definition) is 3. The van der Waals surface area contributed by atoms with E-state index in [2.05, 4.69) is 20.9 Å². The summed E-state index contributed by atoms with van der Waals surface area (Å²) in [4.78, 5) is 4.07. The van der Waals surface area contributed by atoms with Crippen molar-refractivity contribution in [3.63, 3.8) is 0 Å². The molecule has 2 rings (SSSR count). The zero-order chi connectivity index (χ0) is 9.59. The Bertz CT molecular complexity index is 483. The van der Waals surface area contributed by atoms with E-state index in [0.717, 1.165) is 9.17 Å². The van der Waals surface area contributed by atoms with Crippen LogP contribution in [0.15, 0.2) is 10.5 Å². The number of halogens is 3. The standard InChI is InChI=1S/C7H3BrCl2N2S/c8-2-1-3-6(5(10)4(2)9)12-7(11)13-3/h1H,(H2,11,12). The Morgan fingerprint density at radius 1 is 1.38 bits per heavy atom. The van der Waals surface area contributed by atoms with Gasteiger partial charge in [0.25, 0.3) is 0 Å². The number of anilines is 1. The van der Waals surface area contributed by atoms with Crippen LogP contribution in [0.2, 0.25) is 10.0 Å². The average Bonchev–Trinajstić information content (AvgIpc) is 2.42. The van der Waals surface area contributed by atoms with Crippen LogP contribution in [0.4, 0.5) is 5.13 Å². The van der Waals surface area contributed by atoms with Gasteiger partial charge in [0.05, 0.1) is 14.7 Å². The van der Waals surface area contributed by atoms with E-state index < -0.39 is 0 Å². The second kappa shape index (κ2) is 3.28. The molecule has 1 heterocycles. The van der Waals surface area contributed by atoms with Gasteiger partial charge in [0.15, 0.2) is 5.13 Å². The van der Waals surface area contributed by atoms with Crippen LogP contribution in [0.25, 0.3) is 10.2 Å². The molecule has 68 valence electrons. The lowest BCUT2D eigenvalue weighted by Crippen LogP contribution is -1.80. The van der Waals surface area contributed by atoms with Crippen molar-refractivity contribution in [1.29, 1.82) is 0 Å². The summed E-state index contributed by atoms with van der Waals surface area (Å²) >= 11 is 16.6. The van der Waals surface area contributed by atoms with Gasteiger partial charge in [-0.05, 0) is 22.0 Å². The minimum Gasteiger partial charge on any atom is -0.375 e. The van der Waals surface area contributed by atoms with Gasteiger partial charge in [-0.3, -0.25) is 0 Å². The van der Waals surface area contributed by atoms with Gasteiger partial charge in [0.1, 0.15) is 5.52 Å². The first-order valence-electron chi connectivity index (χ1n) is 3.29. The lowest BCUT2D eigenvalue weighted by Gasteiger charge is -1.98. The molecule has 0 spiro atoms. The topological polar surface area (TPSA) is 38.9 Å². The Balaban J connectivity index is 2.92. The zero-order valence-corrected chi connectivity index (χ0v) is 10.1. The molecule has 0 atom stereocenters. The molecule has 2 nitrogen and oxygen atoms in total. The van der Waals surface area contributed by atoms with E-state index in [-0.39, 0.29) is 0 Å². The van der Waals surface area contributed by atoms with Gasteiger partial charge in [-0.15, -0.1) is 0 Å². The molecule has 6 heteroatoms. The molecule has 2 aromatic rings. The van der Waals surface area contributed by atoms with E-state index in [1.54, 1.807) is 0 Å². The third-order valence-corrected chi connectivity index (χ3v) is 4.08. The van der Waals surface area contributed by atoms with E-state index in [9.17, 15) is 0 Å². The van der Waals surface area contributed by atoms with Crippen LogP contribution in [0.1, 0.15) is 0 Å². The lowest BCUT2D eigenvalue weighted by atomic mass is 10.3. The molecule has 13 heavy (non-hydrogen) atoms. The highest BCUT2D eigenvalue weighted by atomic mass is 79.9. The van der Waals surface area contributed by atoms with Gasteiger partial charge in [-0.25, -0.2) is 4.98 Å². The fraction of sp³-hybridized carbons (Fsp3) is 0. The van der Waals surface area contributed by atoms with Crippen LogP contribution in [-0.2, 0) is 0 Å². The highest BCUT2D eigenvalue weighted by molar-refractivity contribution is 9.10. The smallest absolute Gasteiger partial charge is 0.181 e. The Kier molecular flexibility index (Phi) is 2.40. The summed E-state index contributed by atoms with van der Waals surface area (Å²) < 4.78 is 1.69. The third kappa shape index (κ3) is 1.52.